The lowest BCUT2D eigenvalue weighted by Crippen LogP contribution is -2.37. The summed E-state index contributed by atoms with van der Waals surface area (Å²) >= 11 is 7.17. The zero-order chi connectivity index (χ0) is 25.2. The minimum absolute atomic E-state index is 0.0434. The molecule has 0 bridgehead atoms. The van der Waals surface area contributed by atoms with Crippen LogP contribution in [0.3, 0.4) is 0 Å². The number of rotatable bonds is 6. The van der Waals surface area contributed by atoms with Crippen LogP contribution in [0, 0.1) is 16.7 Å². The highest BCUT2D eigenvalue weighted by Crippen LogP contribution is 2.48. The van der Waals surface area contributed by atoms with Crippen molar-refractivity contribution in [2.75, 3.05) is 18.2 Å². The van der Waals surface area contributed by atoms with Crippen LogP contribution < -0.4 is 15.4 Å². The second-order valence-corrected chi connectivity index (χ2v) is 10.8. The summed E-state index contributed by atoms with van der Waals surface area (Å²) in [5, 5.41) is 17.5. The third-order valence-corrected chi connectivity index (χ3v) is 7.32. The number of methoxy groups -OCH3 is 1. The maximum Gasteiger partial charge on any atom is 0.234 e. The standard InChI is InChI=1S/C27H26ClN3O3S/c1-27(2)12-21-25(22(32)13-27)24(16-4-10-19(34-3)11-5-16)20(14-29)26(31-21)35-15-23(33)30-18-8-6-17(28)7-9-18/h4-11,24,31H,12-13,15H2,1-3H3,(H,30,33)/t24-/m0/s1. The normalized spacial score (nSPS) is 18.9. The van der Waals surface area contributed by atoms with Crippen molar-refractivity contribution in [3.63, 3.8) is 0 Å². The summed E-state index contributed by atoms with van der Waals surface area (Å²) in [6.45, 7) is 4.13. The number of nitriles is 1. The van der Waals surface area contributed by atoms with Crippen LogP contribution in [0.1, 0.15) is 38.2 Å². The lowest BCUT2D eigenvalue weighted by molar-refractivity contribution is -0.118. The van der Waals surface area contributed by atoms with Crippen LogP contribution in [0.25, 0.3) is 0 Å². The highest BCUT2D eigenvalue weighted by atomic mass is 35.5. The molecule has 2 aromatic rings. The lowest BCUT2D eigenvalue weighted by atomic mass is 9.69. The van der Waals surface area contributed by atoms with E-state index in [0.29, 0.717) is 45.5 Å². The molecule has 0 saturated carbocycles. The van der Waals surface area contributed by atoms with Crippen molar-refractivity contribution >= 4 is 40.7 Å². The number of Topliss-reactive ketones (excluding diaryl/α,β-unsaturated/α-hetero) is 1. The molecular formula is C27H26ClN3O3S. The molecule has 6 nitrogen and oxygen atoms in total. The summed E-state index contributed by atoms with van der Waals surface area (Å²) in [5.74, 6) is 0.147. The van der Waals surface area contributed by atoms with Crippen LogP contribution in [0.2, 0.25) is 5.02 Å². The Morgan fingerprint density at radius 1 is 1.20 bits per heavy atom. The summed E-state index contributed by atoms with van der Waals surface area (Å²) < 4.78 is 5.28. The number of hydrogen-bond acceptors (Lipinski definition) is 6. The van der Waals surface area contributed by atoms with Crippen molar-refractivity contribution in [1.29, 1.82) is 5.26 Å². The minimum atomic E-state index is -0.493. The molecule has 35 heavy (non-hydrogen) atoms. The monoisotopic (exact) mass is 507 g/mol. The van der Waals surface area contributed by atoms with E-state index in [-0.39, 0.29) is 22.9 Å². The number of ether oxygens (including phenoxy) is 1. The number of allylic oxidation sites excluding steroid dienone is 3. The molecule has 0 fully saturated rings. The fraction of sp³-hybridized carbons (Fsp3) is 0.296. The number of amides is 1. The Bertz CT molecular complexity index is 1260. The van der Waals surface area contributed by atoms with Gasteiger partial charge in [0.25, 0.3) is 0 Å². The van der Waals surface area contributed by atoms with Gasteiger partial charge in [-0.1, -0.05) is 49.3 Å². The van der Waals surface area contributed by atoms with Gasteiger partial charge in [-0.05, 0) is 53.8 Å². The number of ketones is 1. The third kappa shape index (κ3) is 5.55. The average molecular weight is 508 g/mol. The van der Waals surface area contributed by atoms with Gasteiger partial charge in [-0.25, -0.2) is 0 Å². The Kier molecular flexibility index (Phi) is 7.25. The Morgan fingerprint density at radius 2 is 1.89 bits per heavy atom. The van der Waals surface area contributed by atoms with Crippen molar-refractivity contribution in [1.82, 2.24) is 5.32 Å². The second kappa shape index (κ2) is 10.2. The second-order valence-electron chi connectivity index (χ2n) is 9.36. The molecule has 0 radical (unpaired) electrons. The Balaban J connectivity index is 1.64. The van der Waals surface area contributed by atoms with Gasteiger partial charge in [0.05, 0.1) is 35.5 Å². The maximum atomic E-state index is 13.3. The van der Waals surface area contributed by atoms with Gasteiger partial charge in [0.1, 0.15) is 5.75 Å². The van der Waals surface area contributed by atoms with Gasteiger partial charge < -0.3 is 15.4 Å². The molecule has 1 aliphatic carbocycles. The summed E-state index contributed by atoms with van der Waals surface area (Å²) in [4.78, 5) is 25.9. The van der Waals surface area contributed by atoms with Gasteiger partial charge in [0, 0.05) is 28.4 Å². The molecule has 8 heteroatoms. The fourth-order valence-corrected chi connectivity index (χ4v) is 5.48. The van der Waals surface area contributed by atoms with Crippen molar-refractivity contribution in [2.24, 2.45) is 5.41 Å². The van der Waals surface area contributed by atoms with Crippen LogP contribution in [0.15, 0.2) is 70.4 Å². The SMILES string of the molecule is COc1ccc([C@H]2C(C#N)=C(SCC(=O)Nc3ccc(Cl)cc3)NC3=C2C(=O)CC(C)(C)C3)cc1. The number of carbonyl (C=O) groups excluding carboxylic acids is 2. The zero-order valence-electron chi connectivity index (χ0n) is 19.8. The van der Waals surface area contributed by atoms with E-state index in [4.69, 9.17) is 16.3 Å². The Labute approximate surface area is 214 Å². The predicted molar refractivity (Wildman–Crippen MR) is 139 cm³/mol. The number of carbonyl (C=O) groups is 2. The number of hydrogen-bond donors (Lipinski definition) is 2. The van der Waals surface area contributed by atoms with Crippen molar-refractivity contribution in [3.05, 3.63) is 81.0 Å². The van der Waals surface area contributed by atoms with Gasteiger partial charge in [-0.2, -0.15) is 5.26 Å². The van der Waals surface area contributed by atoms with Gasteiger partial charge >= 0.3 is 0 Å². The quantitative estimate of drug-likeness (QED) is 0.514. The molecule has 2 aromatic carbocycles. The topological polar surface area (TPSA) is 91.2 Å². The number of anilines is 1. The molecule has 1 heterocycles. The number of halogens is 1. The number of thioether (sulfide) groups is 1. The Hall–Kier alpha value is -3.21. The van der Waals surface area contributed by atoms with Crippen molar-refractivity contribution in [3.8, 4) is 11.8 Å². The average Bonchev–Trinajstić information content (AvgIpc) is 2.82. The first-order valence-electron chi connectivity index (χ1n) is 11.2. The number of nitrogens with one attached hydrogen (secondary N) is 2. The van der Waals surface area contributed by atoms with E-state index in [1.165, 1.54) is 11.8 Å². The minimum Gasteiger partial charge on any atom is -0.497 e. The van der Waals surface area contributed by atoms with E-state index < -0.39 is 5.92 Å². The fourth-order valence-electron chi connectivity index (χ4n) is 4.49. The molecule has 2 N–H and O–H groups in total. The van der Waals surface area contributed by atoms with Gasteiger partial charge in [0.15, 0.2) is 5.78 Å². The van der Waals surface area contributed by atoms with Gasteiger partial charge in [-0.15, -0.1) is 0 Å². The van der Waals surface area contributed by atoms with Crippen molar-refractivity contribution in [2.45, 2.75) is 32.6 Å². The summed E-state index contributed by atoms with van der Waals surface area (Å²) in [5.41, 5.74) is 3.19. The van der Waals surface area contributed by atoms with Crippen molar-refractivity contribution < 1.29 is 14.3 Å². The first-order chi connectivity index (χ1) is 16.7. The highest BCUT2D eigenvalue weighted by molar-refractivity contribution is 8.03. The summed E-state index contributed by atoms with van der Waals surface area (Å²) in [7, 11) is 1.59. The first-order valence-corrected chi connectivity index (χ1v) is 12.6. The molecule has 1 atom stereocenters. The largest absolute Gasteiger partial charge is 0.497 e. The first kappa shape index (κ1) is 24.9. The molecule has 0 aromatic heterocycles. The van der Waals surface area contributed by atoms with Crippen LogP contribution in [-0.2, 0) is 9.59 Å². The molecule has 1 aliphatic heterocycles. The molecule has 4 rings (SSSR count). The number of nitrogens with zero attached hydrogens (tertiary/aromatic N) is 1. The third-order valence-electron chi connectivity index (χ3n) is 6.05. The van der Waals surface area contributed by atoms with E-state index >= 15 is 0 Å². The van der Waals surface area contributed by atoms with Crippen LogP contribution in [0.4, 0.5) is 5.69 Å². The van der Waals surface area contributed by atoms with E-state index in [0.717, 1.165) is 11.3 Å². The number of benzene rings is 2. The Morgan fingerprint density at radius 3 is 2.51 bits per heavy atom. The summed E-state index contributed by atoms with van der Waals surface area (Å²) in [6.07, 6.45) is 1.10. The van der Waals surface area contributed by atoms with E-state index in [9.17, 15) is 14.9 Å². The predicted octanol–water partition coefficient (Wildman–Crippen LogP) is 5.79. The van der Waals surface area contributed by atoms with Gasteiger partial charge in [-0.3, -0.25) is 9.59 Å². The van der Waals surface area contributed by atoms with E-state index in [2.05, 4.69) is 30.6 Å². The van der Waals surface area contributed by atoms with E-state index in [1.807, 2.05) is 24.3 Å². The molecule has 0 saturated heterocycles. The molecule has 0 unspecified atom stereocenters. The van der Waals surface area contributed by atoms with Crippen LogP contribution >= 0.6 is 23.4 Å². The van der Waals surface area contributed by atoms with Crippen LogP contribution in [0.5, 0.6) is 5.75 Å². The molecule has 1 amide bonds. The molecule has 2 aliphatic rings. The smallest absolute Gasteiger partial charge is 0.234 e. The zero-order valence-corrected chi connectivity index (χ0v) is 21.3. The summed E-state index contributed by atoms with van der Waals surface area (Å²) in [6, 6.07) is 16.6. The highest BCUT2D eigenvalue weighted by Gasteiger charge is 2.41. The maximum absolute atomic E-state index is 13.3. The lowest BCUT2D eigenvalue weighted by Gasteiger charge is -2.39. The van der Waals surface area contributed by atoms with Gasteiger partial charge in [0.2, 0.25) is 5.91 Å². The molecule has 0 spiro atoms. The van der Waals surface area contributed by atoms with Crippen LogP contribution in [-0.4, -0.2) is 24.6 Å². The molecule has 180 valence electrons. The number of dihydropyridines is 1. The molecular weight excluding hydrogens is 482 g/mol. The van der Waals surface area contributed by atoms with E-state index in [1.54, 1.807) is 31.4 Å².